The van der Waals surface area contributed by atoms with Gasteiger partial charge in [0.25, 0.3) is 0 Å². The molecule has 0 aliphatic rings. The molecular formula is C28H16F6O4. The van der Waals surface area contributed by atoms with Crippen LogP contribution in [-0.2, 0) is 0 Å². The van der Waals surface area contributed by atoms with Crippen molar-refractivity contribution >= 4 is 23.7 Å². The molecule has 0 bridgehead atoms. The summed E-state index contributed by atoms with van der Waals surface area (Å²) in [5.41, 5.74) is 0.461. The summed E-state index contributed by atoms with van der Waals surface area (Å²) in [6.45, 7) is 7.34. The zero-order valence-corrected chi connectivity index (χ0v) is 19.2. The van der Waals surface area contributed by atoms with Crippen LogP contribution in [0.25, 0.3) is 12.2 Å². The fraction of sp³-hybridized carbons (Fsp3) is 0. The molecule has 194 valence electrons. The van der Waals surface area contributed by atoms with Gasteiger partial charge in [-0.1, -0.05) is 37.4 Å². The highest BCUT2D eigenvalue weighted by Crippen LogP contribution is 2.29. The Morgan fingerprint density at radius 2 is 0.868 bits per heavy atom. The zero-order valence-electron chi connectivity index (χ0n) is 19.2. The van der Waals surface area contributed by atoms with Gasteiger partial charge in [-0.2, -0.15) is 26.3 Å². The van der Waals surface area contributed by atoms with Crippen LogP contribution < -0.4 is 9.47 Å². The van der Waals surface area contributed by atoms with Crippen LogP contribution >= 0.6 is 0 Å². The van der Waals surface area contributed by atoms with Crippen molar-refractivity contribution in [2.24, 2.45) is 0 Å². The highest BCUT2D eigenvalue weighted by molar-refractivity contribution is 6.22. The van der Waals surface area contributed by atoms with Crippen molar-refractivity contribution in [2.75, 3.05) is 0 Å². The van der Waals surface area contributed by atoms with Gasteiger partial charge in [-0.05, 0) is 59.7 Å². The molecule has 0 amide bonds. The molecule has 0 saturated heterocycles. The van der Waals surface area contributed by atoms with Gasteiger partial charge in [0, 0.05) is 22.3 Å². The molecule has 4 nitrogen and oxygen atoms in total. The Balaban J connectivity index is 2.05. The molecule has 0 aromatic heterocycles. The van der Waals surface area contributed by atoms with Gasteiger partial charge in [-0.25, -0.2) is 0 Å². The standard InChI is InChI=1S/C28H16F6O4/c1-3-15-5-6-16(4-2)22(24(36)18-9-13-20(14-10-18)38-28(34)26(31)32)21(15)23(35)17-7-11-19(12-8-17)37-27(33)25(29)30/h3-14H,1-2H2. The molecule has 0 radical (unpaired) electrons. The summed E-state index contributed by atoms with van der Waals surface area (Å²) in [5, 5.41) is 0. The van der Waals surface area contributed by atoms with Gasteiger partial charge >= 0.3 is 24.2 Å². The summed E-state index contributed by atoms with van der Waals surface area (Å²) < 4.78 is 84.0. The van der Waals surface area contributed by atoms with Crippen molar-refractivity contribution in [1.29, 1.82) is 0 Å². The van der Waals surface area contributed by atoms with E-state index in [4.69, 9.17) is 0 Å². The molecule has 3 aromatic carbocycles. The fourth-order valence-electron chi connectivity index (χ4n) is 3.39. The molecule has 0 heterocycles. The molecule has 0 saturated carbocycles. The maximum absolute atomic E-state index is 13.5. The molecule has 0 aliphatic carbocycles. The average molecular weight is 530 g/mol. The van der Waals surface area contributed by atoms with E-state index in [0.717, 1.165) is 24.3 Å². The molecule has 0 spiro atoms. The minimum Gasteiger partial charge on any atom is -0.428 e. The largest absolute Gasteiger partial charge is 0.428 e. The van der Waals surface area contributed by atoms with E-state index in [-0.39, 0.29) is 44.9 Å². The molecule has 0 atom stereocenters. The van der Waals surface area contributed by atoms with E-state index in [9.17, 15) is 35.9 Å². The van der Waals surface area contributed by atoms with Crippen LogP contribution in [0.5, 0.6) is 11.5 Å². The monoisotopic (exact) mass is 530 g/mol. The lowest BCUT2D eigenvalue weighted by Gasteiger charge is -2.15. The SMILES string of the molecule is C=Cc1ccc(C=C)c(C(=O)c2ccc(OC(F)=C(F)F)cc2)c1C(=O)c1ccc(OC(F)=C(F)F)cc1. The number of benzene rings is 3. The Morgan fingerprint density at radius 1 is 0.553 bits per heavy atom. The summed E-state index contributed by atoms with van der Waals surface area (Å²) in [7, 11) is 0. The second-order valence-corrected chi connectivity index (χ2v) is 7.38. The Hall–Kier alpha value is -4.86. The lowest BCUT2D eigenvalue weighted by Crippen LogP contribution is -2.15. The molecule has 0 N–H and O–H groups in total. The first-order valence-corrected chi connectivity index (χ1v) is 10.6. The first-order valence-electron chi connectivity index (χ1n) is 10.6. The van der Waals surface area contributed by atoms with Gasteiger partial charge in [0.2, 0.25) is 0 Å². The minimum atomic E-state index is -2.65. The molecule has 0 aliphatic heterocycles. The molecule has 0 fully saturated rings. The summed E-state index contributed by atoms with van der Waals surface area (Å²) >= 11 is 0. The van der Waals surface area contributed by atoms with Crippen LogP contribution in [0.4, 0.5) is 26.3 Å². The van der Waals surface area contributed by atoms with E-state index in [1.165, 1.54) is 48.6 Å². The van der Waals surface area contributed by atoms with Crippen molar-refractivity contribution in [1.82, 2.24) is 0 Å². The zero-order chi connectivity index (χ0) is 28.0. The van der Waals surface area contributed by atoms with E-state index < -0.39 is 35.8 Å². The molecule has 0 unspecified atom stereocenters. The smallest absolute Gasteiger partial charge is 0.344 e. The van der Waals surface area contributed by atoms with Crippen LogP contribution in [0.1, 0.15) is 43.0 Å². The van der Waals surface area contributed by atoms with Gasteiger partial charge < -0.3 is 9.47 Å². The van der Waals surface area contributed by atoms with Gasteiger partial charge in [0.1, 0.15) is 11.5 Å². The average Bonchev–Trinajstić information content (AvgIpc) is 2.92. The van der Waals surface area contributed by atoms with Crippen LogP contribution in [-0.4, -0.2) is 11.6 Å². The number of ketones is 2. The molecular weight excluding hydrogens is 514 g/mol. The summed E-state index contributed by atoms with van der Waals surface area (Å²) in [5.74, 6) is -1.91. The Bertz CT molecular complexity index is 1350. The molecule has 3 rings (SSSR count). The topological polar surface area (TPSA) is 52.6 Å². The molecule has 10 heteroatoms. The van der Waals surface area contributed by atoms with Crippen LogP contribution in [0.3, 0.4) is 0 Å². The van der Waals surface area contributed by atoms with E-state index in [1.54, 1.807) is 0 Å². The maximum atomic E-state index is 13.5. The van der Waals surface area contributed by atoms with E-state index in [2.05, 4.69) is 22.6 Å². The third-order valence-electron chi connectivity index (χ3n) is 5.11. The van der Waals surface area contributed by atoms with Gasteiger partial charge in [-0.15, -0.1) is 0 Å². The summed E-state index contributed by atoms with van der Waals surface area (Å²) in [6.07, 6.45) is -2.62. The van der Waals surface area contributed by atoms with Gasteiger partial charge in [-0.3, -0.25) is 9.59 Å². The van der Waals surface area contributed by atoms with Crippen molar-refractivity contribution in [3.8, 4) is 11.5 Å². The van der Waals surface area contributed by atoms with Crippen molar-refractivity contribution in [3.63, 3.8) is 0 Å². The number of hydrogen-bond acceptors (Lipinski definition) is 4. The number of carbonyl (C=O) groups excluding carboxylic acids is 2. The van der Waals surface area contributed by atoms with E-state index >= 15 is 0 Å². The quantitative estimate of drug-likeness (QED) is 0.150. The third kappa shape index (κ3) is 6.09. The number of carbonyl (C=O) groups is 2. The fourth-order valence-corrected chi connectivity index (χ4v) is 3.39. The van der Waals surface area contributed by atoms with Crippen LogP contribution in [0.15, 0.2) is 98.0 Å². The highest BCUT2D eigenvalue weighted by Gasteiger charge is 2.25. The number of hydrogen-bond donors (Lipinski definition) is 0. The van der Waals surface area contributed by atoms with Crippen molar-refractivity contribution < 1.29 is 45.4 Å². The number of ether oxygens (including phenoxy) is 2. The van der Waals surface area contributed by atoms with E-state index in [1.807, 2.05) is 0 Å². The minimum absolute atomic E-state index is 0.0140. The first-order chi connectivity index (χ1) is 18.1. The van der Waals surface area contributed by atoms with Crippen molar-refractivity contribution in [2.45, 2.75) is 0 Å². The summed E-state index contributed by atoms with van der Waals surface area (Å²) in [4.78, 5) is 27.0. The van der Waals surface area contributed by atoms with Gasteiger partial charge in [0.15, 0.2) is 11.6 Å². The van der Waals surface area contributed by atoms with Gasteiger partial charge in [0.05, 0.1) is 0 Å². The first kappa shape index (κ1) is 27.7. The predicted octanol–water partition coefficient (Wildman–Crippen LogP) is 8.26. The lowest BCUT2D eigenvalue weighted by atomic mass is 9.86. The normalized spacial score (nSPS) is 10.3. The number of halogens is 6. The Labute approximate surface area is 212 Å². The number of rotatable bonds is 10. The second kappa shape index (κ2) is 11.9. The Kier molecular flexibility index (Phi) is 8.69. The van der Waals surface area contributed by atoms with Crippen LogP contribution in [0, 0.1) is 0 Å². The maximum Gasteiger partial charge on any atom is 0.344 e. The molecule has 38 heavy (non-hydrogen) atoms. The third-order valence-corrected chi connectivity index (χ3v) is 5.11. The molecule has 3 aromatic rings. The van der Waals surface area contributed by atoms with Crippen molar-refractivity contribution in [3.05, 3.63) is 131 Å². The lowest BCUT2D eigenvalue weighted by molar-refractivity contribution is 0.100. The Morgan fingerprint density at radius 3 is 1.13 bits per heavy atom. The summed E-state index contributed by atoms with van der Waals surface area (Å²) in [6, 6.07) is 8.04. The second-order valence-electron chi connectivity index (χ2n) is 7.38. The van der Waals surface area contributed by atoms with Crippen LogP contribution in [0.2, 0.25) is 0 Å². The van der Waals surface area contributed by atoms with E-state index in [0.29, 0.717) is 0 Å². The predicted molar refractivity (Wildman–Crippen MR) is 128 cm³/mol. The highest BCUT2D eigenvalue weighted by atomic mass is 19.3.